The Labute approximate surface area is 210 Å². The summed E-state index contributed by atoms with van der Waals surface area (Å²) in [6, 6.07) is 9.92. The SMILES string of the molecule is COc1ccc(CN2CCN(C(=O)CC[C@H]3NC(=O)c4ccccc4NC3=O)CC2)c(OC)c1OC. The first-order valence-corrected chi connectivity index (χ1v) is 11.9. The van der Waals surface area contributed by atoms with Crippen LogP contribution in [-0.4, -0.2) is 81.1 Å². The molecule has 3 amide bonds. The third-order valence-corrected chi connectivity index (χ3v) is 6.60. The van der Waals surface area contributed by atoms with Crippen molar-refractivity contribution in [3.63, 3.8) is 0 Å². The molecule has 1 atom stereocenters. The number of rotatable bonds is 8. The Morgan fingerprint density at radius 3 is 2.36 bits per heavy atom. The summed E-state index contributed by atoms with van der Waals surface area (Å²) in [7, 11) is 4.77. The first kappa shape index (κ1) is 25.3. The minimum atomic E-state index is -0.757. The maximum Gasteiger partial charge on any atom is 0.254 e. The molecular weight excluding hydrogens is 464 g/mol. The number of carbonyl (C=O) groups is 3. The number of carbonyl (C=O) groups excluding carboxylic acids is 3. The van der Waals surface area contributed by atoms with Crippen molar-refractivity contribution in [1.82, 2.24) is 15.1 Å². The van der Waals surface area contributed by atoms with Gasteiger partial charge in [-0.05, 0) is 24.6 Å². The van der Waals surface area contributed by atoms with Gasteiger partial charge in [0.25, 0.3) is 5.91 Å². The molecule has 0 bridgehead atoms. The maximum absolute atomic E-state index is 12.9. The standard InChI is InChI=1S/C26H32N4O6/c1-34-21-10-8-17(23(35-2)24(21)36-3)16-29-12-14-30(15-13-29)22(31)11-9-20-26(33)27-19-7-5-4-6-18(19)25(32)28-20/h4-8,10,20H,9,11-16H2,1-3H3,(H,27,33)(H,28,32)/t20-/m1/s1. The fourth-order valence-electron chi connectivity index (χ4n) is 4.62. The lowest BCUT2D eigenvalue weighted by Crippen LogP contribution is -2.49. The Hall–Kier alpha value is -3.79. The topological polar surface area (TPSA) is 109 Å². The van der Waals surface area contributed by atoms with Crippen LogP contribution in [0.4, 0.5) is 5.69 Å². The van der Waals surface area contributed by atoms with E-state index in [1.165, 1.54) is 0 Å². The van der Waals surface area contributed by atoms with Crippen molar-refractivity contribution in [3.8, 4) is 17.2 Å². The molecule has 2 aliphatic heterocycles. The number of benzene rings is 2. The lowest BCUT2D eigenvalue weighted by molar-refractivity contribution is -0.133. The molecular formula is C26H32N4O6. The van der Waals surface area contributed by atoms with Gasteiger partial charge < -0.3 is 29.7 Å². The van der Waals surface area contributed by atoms with Crippen LogP contribution in [-0.2, 0) is 16.1 Å². The van der Waals surface area contributed by atoms with Crippen LogP contribution in [0.3, 0.4) is 0 Å². The van der Waals surface area contributed by atoms with Crippen molar-refractivity contribution < 1.29 is 28.6 Å². The maximum atomic E-state index is 12.9. The second-order valence-electron chi connectivity index (χ2n) is 8.75. The molecule has 192 valence electrons. The lowest BCUT2D eigenvalue weighted by Gasteiger charge is -2.35. The molecule has 1 fully saturated rings. The van der Waals surface area contributed by atoms with Crippen LogP contribution in [0, 0.1) is 0 Å². The summed E-state index contributed by atoms with van der Waals surface area (Å²) in [5.74, 6) is 1.15. The lowest BCUT2D eigenvalue weighted by atomic mass is 10.1. The number of para-hydroxylation sites is 1. The first-order chi connectivity index (χ1) is 17.4. The van der Waals surface area contributed by atoms with E-state index in [2.05, 4.69) is 15.5 Å². The van der Waals surface area contributed by atoms with Crippen LogP contribution in [0.5, 0.6) is 17.2 Å². The Bertz CT molecular complexity index is 1130. The van der Waals surface area contributed by atoms with Gasteiger partial charge in [0.15, 0.2) is 11.5 Å². The van der Waals surface area contributed by atoms with Crippen LogP contribution in [0.25, 0.3) is 0 Å². The number of hydrogen-bond acceptors (Lipinski definition) is 7. The number of hydrogen-bond donors (Lipinski definition) is 2. The van der Waals surface area contributed by atoms with E-state index in [0.717, 1.165) is 5.56 Å². The number of ether oxygens (including phenoxy) is 3. The van der Waals surface area contributed by atoms with Gasteiger partial charge in [-0.1, -0.05) is 18.2 Å². The van der Waals surface area contributed by atoms with Crippen molar-refractivity contribution in [2.45, 2.75) is 25.4 Å². The van der Waals surface area contributed by atoms with Crippen molar-refractivity contribution in [1.29, 1.82) is 0 Å². The van der Waals surface area contributed by atoms with E-state index in [1.807, 2.05) is 17.0 Å². The predicted octanol–water partition coefficient (Wildman–Crippen LogP) is 1.89. The molecule has 2 heterocycles. The average molecular weight is 497 g/mol. The number of fused-ring (bicyclic) bond motifs is 1. The number of nitrogens with zero attached hydrogens (tertiary/aromatic N) is 2. The molecule has 0 unspecified atom stereocenters. The molecule has 36 heavy (non-hydrogen) atoms. The van der Waals surface area contributed by atoms with Crippen molar-refractivity contribution in [3.05, 3.63) is 47.5 Å². The minimum Gasteiger partial charge on any atom is -0.493 e. The molecule has 4 rings (SSSR count). The molecule has 1 saturated heterocycles. The zero-order chi connectivity index (χ0) is 25.7. The van der Waals surface area contributed by atoms with Gasteiger partial charge in [0, 0.05) is 44.7 Å². The number of amides is 3. The predicted molar refractivity (Wildman–Crippen MR) is 134 cm³/mol. The quantitative estimate of drug-likeness (QED) is 0.574. The van der Waals surface area contributed by atoms with Crippen molar-refractivity contribution in [2.75, 3.05) is 52.8 Å². The van der Waals surface area contributed by atoms with Crippen LogP contribution in [0.15, 0.2) is 36.4 Å². The highest BCUT2D eigenvalue weighted by Gasteiger charge is 2.29. The van der Waals surface area contributed by atoms with Gasteiger partial charge in [-0.3, -0.25) is 19.3 Å². The number of piperazine rings is 1. The van der Waals surface area contributed by atoms with Crippen LogP contribution < -0.4 is 24.8 Å². The summed E-state index contributed by atoms with van der Waals surface area (Å²) in [6.45, 7) is 3.24. The summed E-state index contributed by atoms with van der Waals surface area (Å²) in [4.78, 5) is 42.0. The number of methoxy groups -OCH3 is 3. The summed E-state index contributed by atoms with van der Waals surface area (Å²) < 4.78 is 16.4. The Balaban J connectivity index is 1.29. The van der Waals surface area contributed by atoms with E-state index in [1.54, 1.807) is 45.6 Å². The van der Waals surface area contributed by atoms with E-state index in [9.17, 15) is 14.4 Å². The van der Waals surface area contributed by atoms with Gasteiger partial charge in [0.1, 0.15) is 6.04 Å². The average Bonchev–Trinajstić information content (AvgIpc) is 3.02. The highest BCUT2D eigenvalue weighted by molar-refractivity contribution is 6.09. The molecule has 0 spiro atoms. The molecule has 2 aromatic carbocycles. The van der Waals surface area contributed by atoms with E-state index in [4.69, 9.17) is 14.2 Å². The van der Waals surface area contributed by atoms with Gasteiger partial charge in [0.05, 0.1) is 32.6 Å². The summed E-state index contributed by atoms with van der Waals surface area (Å²) >= 11 is 0. The molecule has 0 radical (unpaired) electrons. The van der Waals surface area contributed by atoms with Gasteiger partial charge >= 0.3 is 0 Å². The first-order valence-electron chi connectivity index (χ1n) is 11.9. The minimum absolute atomic E-state index is 0.0258. The third kappa shape index (κ3) is 5.38. The van der Waals surface area contributed by atoms with Crippen molar-refractivity contribution in [2.24, 2.45) is 0 Å². The van der Waals surface area contributed by atoms with Gasteiger partial charge in [-0.15, -0.1) is 0 Å². The summed E-state index contributed by atoms with van der Waals surface area (Å²) in [5, 5.41) is 5.52. The largest absolute Gasteiger partial charge is 0.493 e. The normalized spacial score (nSPS) is 18.0. The van der Waals surface area contributed by atoms with Crippen LogP contribution >= 0.6 is 0 Å². The highest BCUT2D eigenvalue weighted by atomic mass is 16.5. The smallest absolute Gasteiger partial charge is 0.254 e. The summed E-state index contributed by atoms with van der Waals surface area (Å²) in [5.41, 5.74) is 1.88. The fraction of sp³-hybridized carbons (Fsp3) is 0.423. The molecule has 0 saturated carbocycles. The molecule has 2 N–H and O–H groups in total. The van der Waals surface area contributed by atoms with E-state index >= 15 is 0 Å². The fourth-order valence-corrected chi connectivity index (χ4v) is 4.62. The molecule has 10 nitrogen and oxygen atoms in total. The van der Waals surface area contributed by atoms with Crippen molar-refractivity contribution >= 4 is 23.4 Å². The van der Waals surface area contributed by atoms with E-state index < -0.39 is 6.04 Å². The zero-order valence-corrected chi connectivity index (χ0v) is 20.8. The zero-order valence-electron chi connectivity index (χ0n) is 20.8. The van der Waals surface area contributed by atoms with Gasteiger partial charge in [0.2, 0.25) is 17.6 Å². The molecule has 10 heteroatoms. The summed E-state index contributed by atoms with van der Waals surface area (Å²) in [6.07, 6.45) is 0.422. The third-order valence-electron chi connectivity index (χ3n) is 6.60. The molecule has 0 aromatic heterocycles. The van der Waals surface area contributed by atoms with Gasteiger partial charge in [-0.2, -0.15) is 0 Å². The van der Waals surface area contributed by atoms with E-state index in [0.29, 0.717) is 61.2 Å². The second kappa shape index (κ2) is 11.3. The Morgan fingerprint density at radius 2 is 1.67 bits per heavy atom. The molecule has 0 aliphatic carbocycles. The van der Waals surface area contributed by atoms with Gasteiger partial charge in [-0.25, -0.2) is 0 Å². The molecule has 2 aliphatic rings. The Kier molecular flexibility index (Phi) is 7.94. The van der Waals surface area contributed by atoms with E-state index in [-0.39, 0.29) is 30.6 Å². The number of nitrogens with one attached hydrogen (secondary N) is 2. The Morgan fingerprint density at radius 1 is 0.944 bits per heavy atom. The second-order valence-corrected chi connectivity index (χ2v) is 8.75. The highest BCUT2D eigenvalue weighted by Crippen LogP contribution is 2.40. The molecule has 2 aromatic rings. The van der Waals surface area contributed by atoms with Crippen LogP contribution in [0.2, 0.25) is 0 Å². The monoisotopic (exact) mass is 496 g/mol. The number of anilines is 1. The van der Waals surface area contributed by atoms with Crippen LogP contribution in [0.1, 0.15) is 28.8 Å².